The number of ether oxygens (including phenoxy) is 2. The predicted octanol–water partition coefficient (Wildman–Crippen LogP) is 3.97. The number of hydrogen-bond acceptors (Lipinski definition) is 5. The molecule has 1 aliphatic rings. The van der Waals surface area contributed by atoms with Crippen molar-refractivity contribution in [3.63, 3.8) is 0 Å². The molecule has 1 unspecified atom stereocenters. The SMILES string of the molecule is COc1ccc(CN2CCOC(CN(Cc3ccco3)C(=O)c3ccc(F)cc3)C2)cc1. The van der Waals surface area contributed by atoms with Gasteiger partial charge in [0.25, 0.3) is 5.91 Å². The van der Waals surface area contributed by atoms with Gasteiger partial charge in [0.15, 0.2) is 0 Å². The molecule has 6 nitrogen and oxygen atoms in total. The second-order valence-electron chi connectivity index (χ2n) is 7.85. The highest BCUT2D eigenvalue weighted by Gasteiger charge is 2.26. The Balaban J connectivity index is 1.43. The van der Waals surface area contributed by atoms with E-state index in [1.165, 1.54) is 29.8 Å². The molecule has 0 aliphatic carbocycles. The van der Waals surface area contributed by atoms with E-state index in [0.717, 1.165) is 18.8 Å². The van der Waals surface area contributed by atoms with Crippen LogP contribution in [0.25, 0.3) is 0 Å². The van der Waals surface area contributed by atoms with Crippen molar-refractivity contribution in [1.29, 1.82) is 0 Å². The third-order valence-corrected chi connectivity index (χ3v) is 5.52. The minimum atomic E-state index is -0.371. The van der Waals surface area contributed by atoms with Crippen LogP contribution < -0.4 is 4.74 Å². The quantitative estimate of drug-likeness (QED) is 0.533. The van der Waals surface area contributed by atoms with Gasteiger partial charge in [0.1, 0.15) is 17.3 Å². The largest absolute Gasteiger partial charge is 0.497 e. The lowest BCUT2D eigenvalue weighted by Crippen LogP contribution is -2.48. The Morgan fingerprint density at radius 2 is 1.94 bits per heavy atom. The summed E-state index contributed by atoms with van der Waals surface area (Å²) in [7, 11) is 1.66. The van der Waals surface area contributed by atoms with E-state index in [2.05, 4.69) is 17.0 Å². The summed E-state index contributed by atoms with van der Waals surface area (Å²) in [4.78, 5) is 17.2. The van der Waals surface area contributed by atoms with E-state index in [4.69, 9.17) is 13.9 Å². The predicted molar refractivity (Wildman–Crippen MR) is 118 cm³/mol. The summed E-state index contributed by atoms with van der Waals surface area (Å²) in [6.45, 7) is 3.66. The summed E-state index contributed by atoms with van der Waals surface area (Å²) in [6.07, 6.45) is 1.45. The molecule has 1 saturated heterocycles. The molecule has 4 rings (SSSR count). The third-order valence-electron chi connectivity index (χ3n) is 5.52. The van der Waals surface area contributed by atoms with E-state index in [-0.39, 0.29) is 17.8 Å². The summed E-state index contributed by atoms with van der Waals surface area (Å²) in [5, 5.41) is 0. The van der Waals surface area contributed by atoms with Crippen molar-refractivity contribution in [3.8, 4) is 5.75 Å². The van der Waals surface area contributed by atoms with Gasteiger partial charge >= 0.3 is 0 Å². The Bertz CT molecular complexity index is 990. The van der Waals surface area contributed by atoms with Crippen LogP contribution in [0.4, 0.5) is 4.39 Å². The number of morpholine rings is 1. The van der Waals surface area contributed by atoms with Crippen molar-refractivity contribution in [2.75, 3.05) is 33.4 Å². The minimum Gasteiger partial charge on any atom is -0.497 e. The second-order valence-corrected chi connectivity index (χ2v) is 7.85. The van der Waals surface area contributed by atoms with Crippen molar-refractivity contribution in [2.24, 2.45) is 0 Å². The monoisotopic (exact) mass is 438 g/mol. The van der Waals surface area contributed by atoms with Crippen LogP contribution in [0.1, 0.15) is 21.7 Å². The van der Waals surface area contributed by atoms with Crippen LogP contribution in [-0.2, 0) is 17.8 Å². The zero-order chi connectivity index (χ0) is 22.3. The Morgan fingerprint density at radius 3 is 2.62 bits per heavy atom. The van der Waals surface area contributed by atoms with Crippen LogP contribution >= 0.6 is 0 Å². The number of benzene rings is 2. The van der Waals surface area contributed by atoms with Gasteiger partial charge in [0.2, 0.25) is 0 Å². The van der Waals surface area contributed by atoms with Gasteiger partial charge in [-0.15, -0.1) is 0 Å². The first-order chi connectivity index (χ1) is 15.6. The van der Waals surface area contributed by atoms with Gasteiger partial charge in [-0.1, -0.05) is 12.1 Å². The van der Waals surface area contributed by atoms with Gasteiger partial charge in [-0.25, -0.2) is 4.39 Å². The van der Waals surface area contributed by atoms with Crippen LogP contribution in [-0.4, -0.2) is 55.2 Å². The second kappa shape index (κ2) is 10.4. The first-order valence-corrected chi connectivity index (χ1v) is 10.6. The fourth-order valence-corrected chi connectivity index (χ4v) is 3.85. The lowest BCUT2D eigenvalue weighted by atomic mass is 10.1. The number of furan rings is 1. The van der Waals surface area contributed by atoms with Crippen molar-refractivity contribution < 1.29 is 23.1 Å². The smallest absolute Gasteiger partial charge is 0.254 e. The van der Waals surface area contributed by atoms with Gasteiger partial charge in [-0.2, -0.15) is 0 Å². The molecule has 1 atom stereocenters. The number of carbonyl (C=O) groups is 1. The molecule has 0 saturated carbocycles. The molecule has 1 fully saturated rings. The van der Waals surface area contributed by atoms with Crippen LogP contribution in [0, 0.1) is 5.82 Å². The fourth-order valence-electron chi connectivity index (χ4n) is 3.85. The average Bonchev–Trinajstić information content (AvgIpc) is 3.33. The molecule has 168 valence electrons. The lowest BCUT2D eigenvalue weighted by molar-refractivity contribution is -0.0442. The standard InChI is InChI=1S/C25H27FN2O4/c1-30-22-10-4-19(5-11-22)15-27-12-14-32-24(16-27)18-28(17-23-3-2-13-31-23)25(29)20-6-8-21(26)9-7-20/h2-11,13,24H,12,14-18H2,1H3. The Hall–Kier alpha value is -3.16. The highest BCUT2D eigenvalue weighted by Crippen LogP contribution is 2.18. The first-order valence-electron chi connectivity index (χ1n) is 10.6. The number of hydrogen-bond donors (Lipinski definition) is 0. The number of amides is 1. The van der Waals surface area contributed by atoms with Crippen LogP contribution in [0.5, 0.6) is 5.75 Å². The van der Waals surface area contributed by atoms with E-state index < -0.39 is 0 Å². The summed E-state index contributed by atoms with van der Waals surface area (Å²) < 4.78 is 30.0. The zero-order valence-corrected chi connectivity index (χ0v) is 18.1. The average molecular weight is 438 g/mol. The Morgan fingerprint density at radius 1 is 1.16 bits per heavy atom. The van der Waals surface area contributed by atoms with Crippen molar-refractivity contribution in [1.82, 2.24) is 9.80 Å². The van der Waals surface area contributed by atoms with E-state index in [1.54, 1.807) is 24.3 Å². The summed E-state index contributed by atoms with van der Waals surface area (Å²) in [5.74, 6) is 0.967. The summed E-state index contributed by atoms with van der Waals surface area (Å²) in [6, 6.07) is 17.3. The molecule has 7 heteroatoms. The maximum atomic E-state index is 13.3. The maximum Gasteiger partial charge on any atom is 0.254 e. The third kappa shape index (κ3) is 5.75. The van der Waals surface area contributed by atoms with Gasteiger partial charge in [-0.05, 0) is 54.1 Å². The van der Waals surface area contributed by atoms with E-state index in [9.17, 15) is 9.18 Å². The van der Waals surface area contributed by atoms with Gasteiger partial charge < -0.3 is 18.8 Å². The van der Waals surface area contributed by atoms with Crippen molar-refractivity contribution in [3.05, 3.63) is 89.6 Å². The number of nitrogens with zero attached hydrogens (tertiary/aromatic N) is 2. The molecule has 0 spiro atoms. The normalized spacial score (nSPS) is 16.6. The molecule has 0 N–H and O–H groups in total. The van der Waals surface area contributed by atoms with Crippen LogP contribution in [0.3, 0.4) is 0 Å². The first kappa shape index (κ1) is 22.0. The molecule has 32 heavy (non-hydrogen) atoms. The van der Waals surface area contributed by atoms with Crippen LogP contribution in [0.2, 0.25) is 0 Å². The van der Waals surface area contributed by atoms with E-state index >= 15 is 0 Å². The van der Waals surface area contributed by atoms with E-state index in [0.29, 0.717) is 37.6 Å². The Kier molecular flexibility index (Phi) is 7.19. The lowest BCUT2D eigenvalue weighted by Gasteiger charge is -2.35. The van der Waals surface area contributed by atoms with Crippen molar-refractivity contribution in [2.45, 2.75) is 19.2 Å². The number of halogens is 1. The minimum absolute atomic E-state index is 0.138. The molecular weight excluding hydrogens is 411 g/mol. The Labute approximate surface area is 187 Å². The molecular formula is C25H27FN2O4. The molecule has 3 aromatic rings. The number of carbonyl (C=O) groups excluding carboxylic acids is 1. The molecule has 2 aromatic carbocycles. The number of methoxy groups -OCH3 is 1. The van der Waals surface area contributed by atoms with Crippen LogP contribution in [0.15, 0.2) is 71.3 Å². The summed E-state index contributed by atoms with van der Waals surface area (Å²) >= 11 is 0. The molecule has 0 bridgehead atoms. The molecule has 1 aliphatic heterocycles. The topological polar surface area (TPSA) is 55.2 Å². The summed E-state index contributed by atoms with van der Waals surface area (Å²) in [5.41, 5.74) is 1.63. The highest BCUT2D eigenvalue weighted by atomic mass is 19.1. The maximum absolute atomic E-state index is 13.3. The van der Waals surface area contributed by atoms with Crippen molar-refractivity contribution >= 4 is 5.91 Å². The van der Waals surface area contributed by atoms with Gasteiger partial charge in [0, 0.05) is 31.7 Å². The molecule has 1 aromatic heterocycles. The fraction of sp³-hybridized carbons (Fsp3) is 0.320. The number of rotatable bonds is 8. The highest BCUT2D eigenvalue weighted by molar-refractivity contribution is 5.94. The van der Waals surface area contributed by atoms with E-state index in [1.807, 2.05) is 18.2 Å². The zero-order valence-electron chi connectivity index (χ0n) is 18.1. The molecule has 0 radical (unpaired) electrons. The van der Waals surface area contributed by atoms with Gasteiger partial charge in [-0.3, -0.25) is 9.69 Å². The molecule has 1 amide bonds. The van der Waals surface area contributed by atoms with Gasteiger partial charge in [0.05, 0.1) is 32.6 Å². The molecule has 2 heterocycles.